The molecule has 0 aliphatic carbocycles. The summed E-state index contributed by atoms with van der Waals surface area (Å²) in [6.45, 7) is 6.32. The largest absolute Gasteiger partial charge is 0.330 e. The molecule has 2 N–H and O–H groups in total. The second kappa shape index (κ2) is 5.19. The quantitative estimate of drug-likeness (QED) is 0.877. The topological polar surface area (TPSA) is 60.2 Å². The summed E-state index contributed by atoms with van der Waals surface area (Å²) in [6, 6.07) is 6.98. The first-order chi connectivity index (χ1) is 7.77. The van der Waals surface area contributed by atoms with Gasteiger partial charge in [0.1, 0.15) is 0 Å². The Bertz CT molecular complexity index is 461. The zero-order valence-electron chi connectivity index (χ0n) is 10.7. The van der Waals surface area contributed by atoms with Crippen molar-refractivity contribution in [2.75, 3.05) is 12.3 Å². The highest BCUT2D eigenvalue weighted by Gasteiger charge is 2.26. The third kappa shape index (κ3) is 4.13. The molecule has 0 aromatic heterocycles. The molecule has 0 saturated carbocycles. The molecule has 3 nitrogen and oxygen atoms in total. The van der Waals surface area contributed by atoms with Crippen LogP contribution in [0, 0.1) is 12.3 Å². The minimum Gasteiger partial charge on any atom is -0.330 e. The lowest BCUT2D eigenvalue weighted by Gasteiger charge is -2.23. The number of aryl methyl sites for hydroxylation is 1. The highest BCUT2D eigenvalue weighted by atomic mass is 32.2. The molecule has 1 aromatic rings. The standard InChI is InChI=1S/C13H21NO2S/c1-11-4-6-12(7-5-11)17(15,16)10-13(2,3)8-9-14/h4-7H,8-10,14H2,1-3H3. The van der Waals surface area contributed by atoms with Crippen LogP contribution in [0.25, 0.3) is 0 Å². The number of hydrogen-bond acceptors (Lipinski definition) is 3. The lowest BCUT2D eigenvalue weighted by atomic mass is 9.92. The normalized spacial score (nSPS) is 12.7. The van der Waals surface area contributed by atoms with E-state index in [-0.39, 0.29) is 11.2 Å². The van der Waals surface area contributed by atoms with Crippen LogP contribution in [0.3, 0.4) is 0 Å². The SMILES string of the molecule is Cc1ccc(S(=O)(=O)CC(C)(C)CCN)cc1. The molecular weight excluding hydrogens is 234 g/mol. The zero-order chi connectivity index (χ0) is 13.1. The van der Waals surface area contributed by atoms with E-state index in [9.17, 15) is 8.42 Å². The van der Waals surface area contributed by atoms with Crippen LogP contribution >= 0.6 is 0 Å². The summed E-state index contributed by atoms with van der Waals surface area (Å²) in [7, 11) is -3.21. The van der Waals surface area contributed by atoms with Gasteiger partial charge in [0.15, 0.2) is 9.84 Å². The van der Waals surface area contributed by atoms with Gasteiger partial charge in [0.2, 0.25) is 0 Å². The lowest BCUT2D eigenvalue weighted by Crippen LogP contribution is -2.26. The van der Waals surface area contributed by atoms with Crippen molar-refractivity contribution in [3.63, 3.8) is 0 Å². The van der Waals surface area contributed by atoms with E-state index >= 15 is 0 Å². The van der Waals surface area contributed by atoms with Crippen molar-refractivity contribution in [1.82, 2.24) is 0 Å². The second-order valence-corrected chi connectivity index (χ2v) is 7.26. The van der Waals surface area contributed by atoms with Gasteiger partial charge in [-0.25, -0.2) is 8.42 Å². The molecule has 0 saturated heterocycles. The van der Waals surface area contributed by atoms with Crippen molar-refractivity contribution in [3.05, 3.63) is 29.8 Å². The molecule has 0 atom stereocenters. The van der Waals surface area contributed by atoms with Crippen molar-refractivity contribution in [1.29, 1.82) is 0 Å². The average molecular weight is 255 g/mol. The molecule has 0 radical (unpaired) electrons. The lowest BCUT2D eigenvalue weighted by molar-refractivity contribution is 0.384. The molecule has 0 aliphatic heterocycles. The molecule has 17 heavy (non-hydrogen) atoms. The van der Waals surface area contributed by atoms with Crippen LogP contribution in [0.2, 0.25) is 0 Å². The van der Waals surface area contributed by atoms with Crippen LogP contribution in [-0.4, -0.2) is 20.7 Å². The maximum atomic E-state index is 12.2. The maximum absolute atomic E-state index is 12.2. The van der Waals surface area contributed by atoms with Gasteiger partial charge in [-0.15, -0.1) is 0 Å². The fraction of sp³-hybridized carbons (Fsp3) is 0.538. The van der Waals surface area contributed by atoms with Gasteiger partial charge >= 0.3 is 0 Å². The summed E-state index contributed by atoms with van der Waals surface area (Å²) >= 11 is 0. The number of rotatable bonds is 5. The monoisotopic (exact) mass is 255 g/mol. The van der Waals surface area contributed by atoms with E-state index in [1.54, 1.807) is 12.1 Å². The molecule has 96 valence electrons. The van der Waals surface area contributed by atoms with Crippen LogP contribution in [0.4, 0.5) is 0 Å². The van der Waals surface area contributed by atoms with Gasteiger partial charge in [-0.1, -0.05) is 31.5 Å². The number of nitrogens with two attached hydrogens (primary N) is 1. The Morgan fingerprint density at radius 2 is 1.71 bits per heavy atom. The first-order valence-electron chi connectivity index (χ1n) is 5.76. The predicted molar refractivity (Wildman–Crippen MR) is 70.7 cm³/mol. The first-order valence-corrected chi connectivity index (χ1v) is 7.42. The number of benzene rings is 1. The van der Waals surface area contributed by atoms with Crippen molar-refractivity contribution >= 4 is 9.84 Å². The highest BCUT2D eigenvalue weighted by Crippen LogP contribution is 2.25. The van der Waals surface area contributed by atoms with Crippen molar-refractivity contribution in [2.45, 2.75) is 32.1 Å². The molecule has 0 amide bonds. The molecule has 0 unspecified atom stereocenters. The Morgan fingerprint density at radius 1 is 1.18 bits per heavy atom. The van der Waals surface area contributed by atoms with Gasteiger partial charge in [0.05, 0.1) is 10.6 Å². The number of sulfone groups is 1. The van der Waals surface area contributed by atoms with Crippen molar-refractivity contribution in [2.24, 2.45) is 11.1 Å². The van der Waals surface area contributed by atoms with Crippen molar-refractivity contribution in [3.8, 4) is 0 Å². The summed E-state index contributed by atoms with van der Waals surface area (Å²) in [6.07, 6.45) is 0.706. The van der Waals surface area contributed by atoms with E-state index < -0.39 is 9.84 Å². The van der Waals surface area contributed by atoms with Gasteiger partial charge in [0.25, 0.3) is 0 Å². The van der Waals surface area contributed by atoms with Crippen LogP contribution in [0.15, 0.2) is 29.2 Å². The van der Waals surface area contributed by atoms with Crippen LogP contribution in [-0.2, 0) is 9.84 Å². The van der Waals surface area contributed by atoms with E-state index in [2.05, 4.69) is 0 Å². The van der Waals surface area contributed by atoms with Gasteiger partial charge in [-0.3, -0.25) is 0 Å². The molecule has 0 fully saturated rings. The van der Waals surface area contributed by atoms with Gasteiger partial charge in [-0.05, 0) is 37.4 Å². The molecule has 0 spiro atoms. The minimum absolute atomic E-state index is 0.139. The minimum atomic E-state index is -3.21. The average Bonchev–Trinajstić information content (AvgIpc) is 2.16. The third-order valence-electron chi connectivity index (χ3n) is 2.78. The predicted octanol–water partition coefficient (Wildman–Crippen LogP) is 2.14. The molecule has 1 rings (SSSR count). The summed E-state index contributed by atoms with van der Waals surface area (Å²) < 4.78 is 24.4. The van der Waals surface area contributed by atoms with Crippen molar-refractivity contribution < 1.29 is 8.42 Å². The fourth-order valence-electron chi connectivity index (χ4n) is 1.81. The summed E-state index contributed by atoms with van der Waals surface area (Å²) in [5.41, 5.74) is 6.28. The summed E-state index contributed by atoms with van der Waals surface area (Å²) in [4.78, 5) is 0.396. The molecular formula is C13H21NO2S. The smallest absolute Gasteiger partial charge is 0.178 e. The highest BCUT2D eigenvalue weighted by molar-refractivity contribution is 7.91. The Labute approximate surface area is 104 Å². The Morgan fingerprint density at radius 3 is 2.18 bits per heavy atom. The molecule has 0 bridgehead atoms. The number of hydrogen-bond donors (Lipinski definition) is 1. The molecule has 0 heterocycles. The fourth-order valence-corrected chi connectivity index (χ4v) is 3.70. The van der Waals surface area contributed by atoms with Gasteiger partial charge in [-0.2, -0.15) is 0 Å². The first kappa shape index (κ1) is 14.2. The van der Waals surface area contributed by atoms with Crippen LogP contribution < -0.4 is 5.73 Å². The Hall–Kier alpha value is -0.870. The summed E-state index contributed by atoms with van der Waals surface area (Å²) in [5, 5.41) is 0. The molecule has 4 heteroatoms. The van der Waals surface area contributed by atoms with Gasteiger partial charge in [0, 0.05) is 0 Å². The van der Waals surface area contributed by atoms with E-state index in [1.165, 1.54) is 0 Å². The maximum Gasteiger partial charge on any atom is 0.178 e. The Balaban J connectivity index is 2.93. The summed E-state index contributed by atoms with van der Waals surface area (Å²) in [5.74, 6) is 0.139. The second-order valence-electron chi connectivity index (χ2n) is 5.28. The van der Waals surface area contributed by atoms with E-state index in [0.717, 1.165) is 5.56 Å². The zero-order valence-corrected chi connectivity index (χ0v) is 11.5. The van der Waals surface area contributed by atoms with Crippen LogP contribution in [0.1, 0.15) is 25.8 Å². The third-order valence-corrected chi connectivity index (χ3v) is 4.93. The molecule has 0 aliphatic rings. The van der Waals surface area contributed by atoms with Gasteiger partial charge < -0.3 is 5.73 Å². The van der Waals surface area contributed by atoms with E-state index in [4.69, 9.17) is 5.73 Å². The van der Waals surface area contributed by atoms with Crippen LogP contribution in [0.5, 0.6) is 0 Å². The molecule has 1 aromatic carbocycles. The Kier molecular flexibility index (Phi) is 4.33. The van der Waals surface area contributed by atoms with E-state index in [1.807, 2.05) is 32.9 Å². The van der Waals surface area contributed by atoms with E-state index in [0.29, 0.717) is 17.9 Å².